The Morgan fingerprint density at radius 3 is 2.62 bits per heavy atom. The third-order valence-electron chi connectivity index (χ3n) is 3.21. The molecule has 94 valence electrons. The third-order valence-corrected chi connectivity index (χ3v) is 4.44. The van der Waals surface area contributed by atoms with E-state index < -0.39 is 10.8 Å². The molecular formula is C12H23NO2S. The van der Waals surface area contributed by atoms with Crippen LogP contribution in [0.25, 0.3) is 0 Å². The number of rotatable bonds is 6. The SMILES string of the molecule is CCS(=O)CC(=O)NCCC1CCCCC1. The molecule has 1 aliphatic carbocycles. The Morgan fingerprint density at radius 2 is 2.00 bits per heavy atom. The summed E-state index contributed by atoms with van der Waals surface area (Å²) in [7, 11) is -0.977. The number of hydrogen-bond donors (Lipinski definition) is 1. The van der Waals surface area contributed by atoms with Crippen molar-refractivity contribution < 1.29 is 9.00 Å². The van der Waals surface area contributed by atoms with Crippen LogP contribution in [-0.4, -0.2) is 28.2 Å². The fraction of sp³-hybridized carbons (Fsp3) is 0.917. The van der Waals surface area contributed by atoms with Crippen molar-refractivity contribution in [1.29, 1.82) is 0 Å². The number of nitrogens with one attached hydrogen (secondary N) is 1. The van der Waals surface area contributed by atoms with Gasteiger partial charge in [0.05, 0.1) is 0 Å². The van der Waals surface area contributed by atoms with E-state index in [-0.39, 0.29) is 11.7 Å². The first-order valence-corrected chi connectivity index (χ1v) is 7.83. The van der Waals surface area contributed by atoms with Crippen molar-refractivity contribution >= 4 is 16.7 Å². The predicted molar refractivity (Wildman–Crippen MR) is 67.8 cm³/mol. The Labute approximate surface area is 101 Å². The van der Waals surface area contributed by atoms with Crippen LogP contribution in [0.4, 0.5) is 0 Å². The largest absolute Gasteiger partial charge is 0.355 e. The summed E-state index contributed by atoms with van der Waals surface area (Å²) in [5.74, 6) is 1.47. The Morgan fingerprint density at radius 1 is 1.31 bits per heavy atom. The maximum atomic E-state index is 11.3. The second-order valence-electron chi connectivity index (χ2n) is 4.52. The first-order valence-electron chi connectivity index (χ1n) is 6.34. The van der Waals surface area contributed by atoms with Gasteiger partial charge in [-0.3, -0.25) is 9.00 Å². The molecule has 0 heterocycles. The molecule has 0 radical (unpaired) electrons. The molecule has 3 nitrogen and oxygen atoms in total. The van der Waals surface area contributed by atoms with Crippen LogP contribution in [0.3, 0.4) is 0 Å². The van der Waals surface area contributed by atoms with E-state index in [1.165, 1.54) is 32.1 Å². The summed E-state index contributed by atoms with van der Waals surface area (Å²) in [6, 6.07) is 0. The van der Waals surface area contributed by atoms with Gasteiger partial charge in [-0.05, 0) is 12.3 Å². The summed E-state index contributed by atoms with van der Waals surface area (Å²) in [6.45, 7) is 2.59. The fourth-order valence-corrected chi connectivity index (χ4v) is 2.79. The van der Waals surface area contributed by atoms with E-state index in [2.05, 4.69) is 5.32 Å². The van der Waals surface area contributed by atoms with Crippen molar-refractivity contribution in [3.05, 3.63) is 0 Å². The zero-order chi connectivity index (χ0) is 11.8. The highest BCUT2D eigenvalue weighted by molar-refractivity contribution is 7.85. The van der Waals surface area contributed by atoms with Gasteiger partial charge in [-0.2, -0.15) is 0 Å². The van der Waals surface area contributed by atoms with Crippen LogP contribution in [-0.2, 0) is 15.6 Å². The minimum atomic E-state index is -0.977. The van der Waals surface area contributed by atoms with Crippen molar-refractivity contribution in [1.82, 2.24) is 5.32 Å². The zero-order valence-corrected chi connectivity index (χ0v) is 11.0. The lowest BCUT2D eigenvalue weighted by atomic mass is 9.87. The van der Waals surface area contributed by atoms with Crippen molar-refractivity contribution in [3.8, 4) is 0 Å². The molecule has 1 N–H and O–H groups in total. The highest BCUT2D eigenvalue weighted by Crippen LogP contribution is 2.25. The average Bonchev–Trinajstić information content (AvgIpc) is 2.30. The highest BCUT2D eigenvalue weighted by atomic mass is 32.2. The Balaban J connectivity index is 2.05. The van der Waals surface area contributed by atoms with Gasteiger partial charge in [0.2, 0.25) is 5.91 Å². The second kappa shape index (κ2) is 7.82. The number of carbonyl (C=O) groups is 1. The van der Waals surface area contributed by atoms with Crippen LogP contribution in [0.5, 0.6) is 0 Å². The van der Waals surface area contributed by atoms with E-state index in [9.17, 15) is 9.00 Å². The van der Waals surface area contributed by atoms with E-state index in [1.807, 2.05) is 6.92 Å². The maximum absolute atomic E-state index is 11.3. The van der Waals surface area contributed by atoms with Crippen molar-refractivity contribution in [2.75, 3.05) is 18.1 Å². The molecule has 1 saturated carbocycles. The number of hydrogen-bond acceptors (Lipinski definition) is 2. The molecule has 0 spiro atoms. The summed E-state index contributed by atoms with van der Waals surface area (Å²) in [4.78, 5) is 11.3. The summed E-state index contributed by atoms with van der Waals surface area (Å²) in [5, 5.41) is 2.86. The van der Waals surface area contributed by atoms with E-state index >= 15 is 0 Å². The normalized spacial score (nSPS) is 19.3. The Bertz CT molecular complexity index is 237. The maximum Gasteiger partial charge on any atom is 0.232 e. The highest BCUT2D eigenvalue weighted by Gasteiger charge is 2.13. The topological polar surface area (TPSA) is 46.2 Å². The first-order chi connectivity index (χ1) is 7.72. The molecule has 1 rings (SSSR count). The van der Waals surface area contributed by atoms with E-state index in [0.717, 1.165) is 18.9 Å². The number of amides is 1. The molecule has 0 aromatic carbocycles. The average molecular weight is 245 g/mol. The quantitative estimate of drug-likeness (QED) is 0.776. The molecular weight excluding hydrogens is 222 g/mol. The first kappa shape index (κ1) is 13.7. The zero-order valence-electron chi connectivity index (χ0n) is 10.2. The van der Waals surface area contributed by atoms with Crippen LogP contribution < -0.4 is 5.32 Å². The molecule has 1 atom stereocenters. The smallest absolute Gasteiger partial charge is 0.232 e. The van der Waals surface area contributed by atoms with Crippen LogP contribution in [0.2, 0.25) is 0 Å². The monoisotopic (exact) mass is 245 g/mol. The van der Waals surface area contributed by atoms with E-state index in [4.69, 9.17) is 0 Å². The molecule has 1 unspecified atom stereocenters. The lowest BCUT2D eigenvalue weighted by molar-refractivity contribution is -0.118. The second-order valence-corrected chi connectivity index (χ2v) is 6.26. The van der Waals surface area contributed by atoms with Crippen molar-refractivity contribution in [2.24, 2.45) is 5.92 Å². The van der Waals surface area contributed by atoms with Gasteiger partial charge < -0.3 is 5.32 Å². The standard InChI is InChI=1S/C12H23NO2S/c1-2-16(15)10-12(14)13-9-8-11-6-4-3-5-7-11/h11H,2-10H2,1H3,(H,13,14). The molecule has 1 amide bonds. The molecule has 1 aliphatic rings. The molecule has 4 heteroatoms. The molecule has 0 aromatic heterocycles. The van der Waals surface area contributed by atoms with Crippen LogP contribution >= 0.6 is 0 Å². The van der Waals surface area contributed by atoms with Gasteiger partial charge in [0.25, 0.3) is 0 Å². The molecule has 0 saturated heterocycles. The summed E-state index contributed by atoms with van der Waals surface area (Å²) in [6.07, 6.45) is 7.79. The van der Waals surface area contributed by atoms with Crippen LogP contribution in [0.15, 0.2) is 0 Å². The Kier molecular flexibility index (Phi) is 6.69. The van der Waals surface area contributed by atoms with Crippen molar-refractivity contribution in [3.63, 3.8) is 0 Å². The van der Waals surface area contributed by atoms with Crippen LogP contribution in [0, 0.1) is 5.92 Å². The minimum Gasteiger partial charge on any atom is -0.355 e. The molecule has 0 aliphatic heterocycles. The van der Waals surface area contributed by atoms with Gasteiger partial charge in [-0.15, -0.1) is 0 Å². The van der Waals surface area contributed by atoms with Gasteiger partial charge in [0.1, 0.15) is 5.75 Å². The predicted octanol–water partition coefficient (Wildman–Crippen LogP) is 1.84. The van der Waals surface area contributed by atoms with Crippen molar-refractivity contribution in [2.45, 2.75) is 45.4 Å². The Hall–Kier alpha value is -0.380. The van der Waals surface area contributed by atoms with E-state index in [0.29, 0.717) is 5.75 Å². The molecule has 0 aromatic rings. The summed E-state index contributed by atoms with van der Waals surface area (Å²) >= 11 is 0. The van der Waals surface area contributed by atoms with Gasteiger partial charge >= 0.3 is 0 Å². The number of carbonyl (C=O) groups excluding carboxylic acids is 1. The summed E-state index contributed by atoms with van der Waals surface area (Å²) in [5.41, 5.74) is 0. The third kappa shape index (κ3) is 5.64. The lowest BCUT2D eigenvalue weighted by Gasteiger charge is -2.21. The van der Waals surface area contributed by atoms with Gasteiger partial charge in [-0.25, -0.2) is 0 Å². The van der Waals surface area contributed by atoms with Gasteiger partial charge in [0, 0.05) is 23.1 Å². The van der Waals surface area contributed by atoms with Gasteiger partial charge in [-0.1, -0.05) is 39.0 Å². The fourth-order valence-electron chi connectivity index (χ4n) is 2.19. The minimum absolute atomic E-state index is 0.0593. The van der Waals surface area contributed by atoms with Crippen LogP contribution in [0.1, 0.15) is 45.4 Å². The lowest BCUT2D eigenvalue weighted by Crippen LogP contribution is -2.30. The van der Waals surface area contributed by atoms with E-state index in [1.54, 1.807) is 0 Å². The molecule has 1 fully saturated rings. The molecule has 16 heavy (non-hydrogen) atoms. The molecule has 0 bridgehead atoms. The van der Waals surface area contributed by atoms with Gasteiger partial charge in [0.15, 0.2) is 0 Å². The summed E-state index contributed by atoms with van der Waals surface area (Å²) < 4.78 is 11.1.